The first-order chi connectivity index (χ1) is 21.8. The number of para-hydroxylation sites is 1. The molecule has 0 bridgehead atoms. The van der Waals surface area contributed by atoms with Crippen LogP contribution >= 0.6 is 11.3 Å². The molecule has 0 amide bonds. The predicted octanol–water partition coefficient (Wildman–Crippen LogP) is 10.8. The van der Waals surface area contributed by atoms with Crippen molar-refractivity contribution in [3.05, 3.63) is 140 Å². The Kier molecular flexibility index (Phi) is 5.64. The first-order valence-corrected chi connectivity index (χ1v) is 15.3. The van der Waals surface area contributed by atoms with E-state index in [2.05, 4.69) is 66.7 Å². The molecule has 0 unspecified atom stereocenters. The van der Waals surface area contributed by atoms with Crippen molar-refractivity contribution in [2.75, 3.05) is 0 Å². The third-order valence-electron chi connectivity index (χ3n) is 8.14. The molecule has 9 rings (SSSR count). The van der Waals surface area contributed by atoms with E-state index in [1.165, 1.54) is 31.3 Å². The monoisotopic (exact) mass is 581 g/mol. The van der Waals surface area contributed by atoms with Crippen molar-refractivity contribution < 1.29 is 4.42 Å². The molecule has 0 saturated carbocycles. The molecule has 44 heavy (non-hydrogen) atoms. The Hall–Kier alpha value is -5.65. The van der Waals surface area contributed by atoms with E-state index < -0.39 is 0 Å². The van der Waals surface area contributed by atoms with E-state index in [0.717, 1.165) is 38.6 Å². The molecule has 3 aromatic heterocycles. The van der Waals surface area contributed by atoms with Crippen molar-refractivity contribution >= 4 is 53.4 Å². The number of thiophene rings is 1. The number of hydrogen-bond donors (Lipinski definition) is 0. The van der Waals surface area contributed by atoms with Crippen LogP contribution in [0.2, 0.25) is 0 Å². The quantitative estimate of drug-likeness (QED) is 0.207. The van der Waals surface area contributed by atoms with Crippen molar-refractivity contribution in [3.63, 3.8) is 0 Å². The highest BCUT2D eigenvalue weighted by atomic mass is 32.1. The van der Waals surface area contributed by atoms with E-state index in [9.17, 15) is 0 Å². The lowest BCUT2D eigenvalue weighted by atomic mass is 10.0. The predicted molar refractivity (Wildman–Crippen MR) is 182 cm³/mol. The van der Waals surface area contributed by atoms with Gasteiger partial charge in [0.15, 0.2) is 17.5 Å². The fraction of sp³-hybridized carbons (Fsp3) is 0. The molecule has 0 spiro atoms. The summed E-state index contributed by atoms with van der Waals surface area (Å²) < 4.78 is 8.50. The molecule has 3 heterocycles. The molecule has 0 fully saturated rings. The molecule has 6 aromatic carbocycles. The largest absolute Gasteiger partial charge is 0.456 e. The normalized spacial score (nSPS) is 11.6. The maximum atomic E-state index is 6.05. The summed E-state index contributed by atoms with van der Waals surface area (Å²) in [6.45, 7) is 0. The third kappa shape index (κ3) is 4.17. The van der Waals surface area contributed by atoms with Crippen LogP contribution in [0.1, 0.15) is 0 Å². The zero-order chi connectivity index (χ0) is 29.0. The Morgan fingerprint density at radius 1 is 0.364 bits per heavy atom. The molecule has 4 nitrogen and oxygen atoms in total. The van der Waals surface area contributed by atoms with Gasteiger partial charge in [-0.05, 0) is 41.5 Å². The first kappa shape index (κ1) is 24.9. The average Bonchev–Trinajstić information content (AvgIpc) is 3.66. The molecular weight excluding hydrogens is 559 g/mol. The summed E-state index contributed by atoms with van der Waals surface area (Å²) in [6, 6.07) is 48.1. The van der Waals surface area contributed by atoms with Crippen molar-refractivity contribution in [2.45, 2.75) is 0 Å². The number of rotatable bonds is 4. The van der Waals surface area contributed by atoms with Gasteiger partial charge in [0.05, 0.1) is 0 Å². The second kappa shape index (κ2) is 9.97. The molecule has 5 heteroatoms. The summed E-state index contributed by atoms with van der Waals surface area (Å²) in [7, 11) is 0. The zero-order valence-electron chi connectivity index (χ0n) is 23.4. The lowest BCUT2D eigenvalue weighted by molar-refractivity contribution is 0.669. The van der Waals surface area contributed by atoms with Crippen LogP contribution in [0, 0.1) is 0 Å². The Balaban J connectivity index is 1.15. The van der Waals surface area contributed by atoms with Crippen molar-refractivity contribution in [1.29, 1.82) is 0 Å². The lowest BCUT2D eigenvalue weighted by Gasteiger charge is -2.08. The van der Waals surface area contributed by atoms with Gasteiger partial charge in [-0.25, -0.2) is 15.0 Å². The molecule has 206 valence electrons. The SMILES string of the molecule is c1ccc(-c2nc(-c3ccccc3)nc(-c3ccc4c(c3)sc3cc(-c5ccc6oc7ccccc7c6c5)ccc34)n2)cc1. The van der Waals surface area contributed by atoms with Crippen molar-refractivity contribution in [2.24, 2.45) is 0 Å². The van der Waals surface area contributed by atoms with Crippen LogP contribution in [0.3, 0.4) is 0 Å². The molecular formula is C39H23N3OS. The molecule has 0 atom stereocenters. The van der Waals surface area contributed by atoms with Gasteiger partial charge in [-0.15, -0.1) is 11.3 Å². The molecule has 0 aliphatic rings. The molecule has 0 N–H and O–H groups in total. The standard InChI is InChI=1S/C39H23N3OS/c1-3-9-24(10-4-1)37-40-38(25-11-5-2-6-12-25)42-39(41-37)28-16-19-31-30-18-15-27(22-35(30)44-36(31)23-28)26-17-20-34-32(21-26)29-13-7-8-14-33(29)43-34/h1-23H. The first-order valence-electron chi connectivity index (χ1n) is 14.5. The fourth-order valence-electron chi connectivity index (χ4n) is 5.94. The summed E-state index contributed by atoms with van der Waals surface area (Å²) in [5.41, 5.74) is 7.09. The summed E-state index contributed by atoms with van der Waals surface area (Å²) >= 11 is 1.80. The number of furan rings is 1. The van der Waals surface area contributed by atoms with Gasteiger partial charge in [0.2, 0.25) is 0 Å². The number of fused-ring (bicyclic) bond motifs is 6. The van der Waals surface area contributed by atoms with E-state index in [-0.39, 0.29) is 0 Å². The van der Waals surface area contributed by atoms with Gasteiger partial charge in [0, 0.05) is 47.6 Å². The number of hydrogen-bond acceptors (Lipinski definition) is 5. The number of nitrogens with zero attached hydrogens (tertiary/aromatic N) is 3. The van der Waals surface area contributed by atoms with E-state index in [1.807, 2.05) is 72.8 Å². The second-order valence-corrected chi connectivity index (χ2v) is 12.0. The highest BCUT2D eigenvalue weighted by Crippen LogP contribution is 2.39. The summed E-state index contributed by atoms with van der Waals surface area (Å²) in [6.07, 6.45) is 0. The van der Waals surface area contributed by atoms with E-state index >= 15 is 0 Å². The topological polar surface area (TPSA) is 51.8 Å². The molecule has 9 aromatic rings. The Labute approximate surface area is 256 Å². The summed E-state index contributed by atoms with van der Waals surface area (Å²) in [4.78, 5) is 14.7. The minimum atomic E-state index is 0.665. The minimum Gasteiger partial charge on any atom is -0.456 e. The van der Waals surface area contributed by atoms with Gasteiger partial charge >= 0.3 is 0 Å². The number of aromatic nitrogens is 3. The van der Waals surface area contributed by atoms with E-state index in [1.54, 1.807) is 11.3 Å². The Morgan fingerprint density at radius 2 is 0.864 bits per heavy atom. The lowest BCUT2D eigenvalue weighted by Crippen LogP contribution is -1.99. The van der Waals surface area contributed by atoms with Crippen LogP contribution in [0.5, 0.6) is 0 Å². The summed E-state index contributed by atoms with van der Waals surface area (Å²) in [5.74, 6) is 1.99. The van der Waals surface area contributed by atoms with Gasteiger partial charge in [-0.3, -0.25) is 0 Å². The van der Waals surface area contributed by atoms with E-state index in [0.29, 0.717) is 17.5 Å². The van der Waals surface area contributed by atoms with Crippen LogP contribution in [0.4, 0.5) is 0 Å². The smallest absolute Gasteiger partial charge is 0.164 e. The average molecular weight is 582 g/mol. The third-order valence-corrected chi connectivity index (χ3v) is 9.26. The van der Waals surface area contributed by atoms with Gasteiger partial charge in [0.25, 0.3) is 0 Å². The molecule has 0 aliphatic carbocycles. The second-order valence-electron chi connectivity index (χ2n) is 10.9. The van der Waals surface area contributed by atoms with Gasteiger partial charge in [0.1, 0.15) is 11.2 Å². The Morgan fingerprint density at radius 3 is 1.55 bits per heavy atom. The fourth-order valence-corrected chi connectivity index (χ4v) is 7.12. The molecule has 0 saturated heterocycles. The zero-order valence-corrected chi connectivity index (χ0v) is 24.3. The van der Waals surface area contributed by atoms with Crippen molar-refractivity contribution in [1.82, 2.24) is 15.0 Å². The minimum absolute atomic E-state index is 0.665. The Bertz CT molecular complexity index is 2440. The molecule has 0 aliphatic heterocycles. The van der Waals surface area contributed by atoms with Crippen LogP contribution in [0.25, 0.3) is 87.4 Å². The van der Waals surface area contributed by atoms with Crippen LogP contribution in [-0.4, -0.2) is 15.0 Å². The highest BCUT2D eigenvalue weighted by Gasteiger charge is 2.15. The number of benzene rings is 6. The summed E-state index contributed by atoms with van der Waals surface area (Å²) in [5, 5.41) is 4.77. The van der Waals surface area contributed by atoms with Crippen molar-refractivity contribution in [3.8, 4) is 45.3 Å². The maximum absolute atomic E-state index is 6.05. The maximum Gasteiger partial charge on any atom is 0.164 e. The molecule has 0 radical (unpaired) electrons. The van der Waals surface area contributed by atoms with Crippen LogP contribution in [0.15, 0.2) is 144 Å². The highest BCUT2D eigenvalue weighted by molar-refractivity contribution is 7.25. The van der Waals surface area contributed by atoms with Crippen LogP contribution < -0.4 is 0 Å². The van der Waals surface area contributed by atoms with Gasteiger partial charge in [-0.2, -0.15) is 0 Å². The van der Waals surface area contributed by atoms with Crippen LogP contribution in [-0.2, 0) is 0 Å². The van der Waals surface area contributed by atoms with Gasteiger partial charge in [-0.1, -0.05) is 109 Å². The van der Waals surface area contributed by atoms with Gasteiger partial charge < -0.3 is 4.42 Å². The van der Waals surface area contributed by atoms with E-state index in [4.69, 9.17) is 19.4 Å².